The smallest absolute Gasteiger partial charge is 0.230 e. The van der Waals surface area contributed by atoms with Crippen LogP contribution in [0.3, 0.4) is 0 Å². The van der Waals surface area contributed by atoms with E-state index in [4.69, 9.17) is 9.72 Å². The number of ether oxygens (including phenoxy) is 1. The van der Waals surface area contributed by atoms with Gasteiger partial charge in [0.15, 0.2) is 5.78 Å². The molecule has 1 fully saturated rings. The molecule has 1 aliphatic heterocycles. The van der Waals surface area contributed by atoms with Gasteiger partial charge in [-0.2, -0.15) is 0 Å². The molecule has 5 rings (SSSR count). The van der Waals surface area contributed by atoms with E-state index in [1.165, 1.54) is 12.3 Å². The summed E-state index contributed by atoms with van der Waals surface area (Å²) in [5.41, 5.74) is 5.77. The van der Waals surface area contributed by atoms with Gasteiger partial charge in [0.2, 0.25) is 16.0 Å². The molecule has 1 aliphatic carbocycles. The lowest BCUT2D eigenvalue weighted by molar-refractivity contribution is 0.0981. The fraction of sp³-hybridized carbons (Fsp3) is 0.471. The molecule has 2 aromatic heterocycles. The number of pyridine rings is 1. The molecule has 0 amide bonds. The quantitative estimate of drug-likeness (QED) is 0.128. The van der Waals surface area contributed by atoms with Crippen molar-refractivity contribution in [3.8, 4) is 0 Å². The number of carbonyl (C=O) groups is 1. The highest BCUT2D eigenvalue weighted by molar-refractivity contribution is 7.92. The second-order valence-corrected chi connectivity index (χ2v) is 14.1. The van der Waals surface area contributed by atoms with Crippen molar-refractivity contribution < 1.29 is 17.9 Å². The second-order valence-electron chi connectivity index (χ2n) is 12.4. The highest BCUT2D eigenvalue weighted by atomic mass is 32.2. The second kappa shape index (κ2) is 14.6. The Kier molecular flexibility index (Phi) is 10.6. The number of allylic oxidation sites excluding steroid dienone is 1. The fourth-order valence-corrected chi connectivity index (χ4v) is 6.18. The fourth-order valence-electron chi connectivity index (χ4n) is 5.69. The lowest BCUT2D eigenvalue weighted by atomic mass is 9.89. The minimum Gasteiger partial charge on any atom is -0.374 e. The zero-order valence-corrected chi connectivity index (χ0v) is 27.3. The number of carbonyl (C=O) groups excluding carboxylic acids is 1. The van der Waals surface area contributed by atoms with E-state index >= 15 is 0 Å². The zero-order valence-electron chi connectivity index (χ0n) is 26.5. The summed E-state index contributed by atoms with van der Waals surface area (Å²) in [6.45, 7) is 10.9. The molecule has 0 radical (unpaired) electrons. The third-order valence-corrected chi connectivity index (χ3v) is 8.96. The van der Waals surface area contributed by atoms with Gasteiger partial charge < -0.3 is 10.1 Å². The summed E-state index contributed by atoms with van der Waals surface area (Å²) in [7, 11) is -3.47. The van der Waals surface area contributed by atoms with Crippen LogP contribution in [-0.2, 0) is 34.5 Å². The molecule has 10 nitrogen and oxygen atoms in total. The number of anilines is 3. The van der Waals surface area contributed by atoms with Crippen molar-refractivity contribution in [2.75, 3.05) is 16.3 Å². The first-order valence-electron chi connectivity index (χ1n) is 15.8. The van der Waals surface area contributed by atoms with Gasteiger partial charge >= 0.3 is 0 Å². The number of nitrogens with zero attached hydrogens (tertiary/aromatic N) is 4. The van der Waals surface area contributed by atoms with Crippen molar-refractivity contribution in [3.63, 3.8) is 0 Å². The van der Waals surface area contributed by atoms with Crippen LogP contribution in [0, 0.1) is 5.92 Å². The van der Waals surface area contributed by atoms with Crippen LogP contribution in [0.4, 0.5) is 17.5 Å². The highest BCUT2D eigenvalue weighted by Gasteiger charge is 2.29. The van der Waals surface area contributed by atoms with Crippen molar-refractivity contribution in [2.24, 2.45) is 5.92 Å². The number of sulfonamides is 1. The summed E-state index contributed by atoms with van der Waals surface area (Å²) in [6.07, 6.45) is 11.1. The van der Waals surface area contributed by atoms with E-state index in [0.29, 0.717) is 43.1 Å². The first-order valence-corrected chi connectivity index (χ1v) is 17.7. The number of rotatable bonds is 17. The molecule has 240 valence electrons. The summed E-state index contributed by atoms with van der Waals surface area (Å²) in [4.78, 5) is 28.9. The Labute approximate surface area is 266 Å². The van der Waals surface area contributed by atoms with Gasteiger partial charge in [0, 0.05) is 54.8 Å². The molecular formula is C34H44N6O4S. The van der Waals surface area contributed by atoms with Crippen LogP contribution in [0.5, 0.6) is 0 Å². The van der Waals surface area contributed by atoms with Crippen LogP contribution in [0.15, 0.2) is 60.9 Å². The first kappa shape index (κ1) is 32.7. The number of benzene rings is 1. The number of ketones is 1. The van der Waals surface area contributed by atoms with Crippen molar-refractivity contribution in [2.45, 2.75) is 90.6 Å². The van der Waals surface area contributed by atoms with E-state index in [1.54, 1.807) is 6.07 Å². The minimum atomic E-state index is -3.47. The highest BCUT2D eigenvalue weighted by Crippen LogP contribution is 2.31. The minimum absolute atomic E-state index is 0.0660. The van der Waals surface area contributed by atoms with Gasteiger partial charge in [-0.15, -0.1) is 0 Å². The number of Topliss-reactive ketones (excluding diaryl/α,β-unsaturated/α-hetero) is 1. The molecule has 11 heteroatoms. The Morgan fingerprint density at radius 3 is 2.73 bits per heavy atom. The van der Waals surface area contributed by atoms with Crippen LogP contribution in [0.1, 0.15) is 86.0 Å². The molecule has 45 heavy (non-hydrogen) atoms. The Balaban J connectivity index is 1.14. The largest absolute Gasteiger partial charge is 0.374 e. The predicted molar refractivity (Wildman–Crippen MR) is 177 cm³/mol. The average Bonchev–Trinajstić information content (AvgIpc) is 3.74. The molecule has 0 saturated heterocycles. The maximum atomic E-state index is 12.9. The molecule has 0 bridgehead atoms. The lowest BCUT2D eigenvalue weighted by Gasteiger charge is -2.30. The summed E-state index contributed by atoms with van der Waals surface area (Å²) in [5.74, 6) is 0.907. The average molecular weight is 633 g/mol. The molecule has 3 heterocycles. The van der Waals surface area contributed by atoms with Crippen LogP contribution < -0.4 is 10.0 Å². The molecular weight excluding hydrogens is 588 g/mol. The number of aromatic nitrogens is 3. The van der Waals surface area contributed by atoms with Gasteiger partial charge in [-0.25, -0.2) is 23.4 Å². The third kappa shape index (κ3) is 9.66. The van der Waals surface area contributed by atoms with Crippen LogP contribution in [0.25, 0.3) is 0 Å². The van der Waals surface area contributed by atoms with E-state index in [2.05, 4.69) is 57.5 Å². The van der Waals surface area contributed by atoms with E-state index < -0.39 is 10.0 Å². The van der Waals surface area contributed by atoms with Crippen molar-refractivity contribution in [1.82, 2.24) is 19.9 Å². The van der Waals surface area contributed by atoms with Crippen LogP contribution >= 0.6 is 0 Å². The SMILES string of the molecule is C=C(CCC(=O)c1ccnc(NS(C)(=O)=O)c1)[C@H](C)C[C@@H](CCC)N1Cc2cnc(Nc3cccc(COC4CC4)c3)nc2C1. The van der Waals surface area contributed by atoms with E-state index in [-0.39, 0.29) is 17.5 Å². The molecule has 1 aromatic carbocycles. The molecule has 0 spiro atoms. The lowest BCUT2D eigenvalue weighted by Crippen LogP contribution is -2.32. The first-order chi connectivity index (χ1) is 21.6. The van der Waals surface area contributed by atoms with E-state index in [0.717, 1.165) is 79.5 Å². The molecule has 2 atom stereocenters. The summed E-state index contributed by atoms with van der Waals surface area (Å²) >= 11 is 0. The third-order valence-electron chi connectivity index (χ3n) is 8.38. The summed E-state index contributed by atoms with van der Waals surface area (Å²) in [6, 6.07) is 11.7. The Bertz CT molecular complexity index is 1620. The maximum Gasteiger partial charge on any atom is 0.230 e. The normalized spacial score (nSPS) is 16.2. The van der Waals surface area contributed by atoms with Crippen molar-refractivity contribution in [3.05, 3.63) is 83.3 Å². The van der Waals surface area contributed by atoms with Crippen LogP contribution in [0.2, 0.25) is 0 Å². The molecule has 2 N–H and O–H groups in total. The Morgan fingerprint density at radius 2 is 1.98 bits per heavy atom. The number of fused-ring (bicyclic) bond motifs is 1. The van der Waals surface area contributed by atoms with Gasteiger partial charge in [-0.3, -0.25) is 14.4 Å². The van der Waals surface area contributed by atoms with Crippen LogP contribution in [-0.4, -0.2) is 52.5 Å². The van der Waals surface area contributed by atoms with Gasteiger partial charge in [-0.1, -0.05) is 44.6 Å². The summed E-state index contributed by atoms with van der Waals surface area (Å²) in [5, 5.41) is 3.37. The molecule has 3 aromatic rings. The molecule has 1 saturated carbocycles. The van der Waals surface area contributed by atoms with E-state index in [9.17, 15) is 13.2 Å². The standard InChI is InChI=1S/C34H44N6O4S/c1-5-7-29(16-24(3)23(2)10-13-32(41)26-14-15-35-33(18-26)39-45(4,42)43)40-20-27-19-36-34(38-31(27)21-40)37-28-9-6-8-25(17-28)22-44-30-11-12-30/h6,8-9,14-15,17-19,24,29-30H,2,5,7,10-13,16,20-22H2,1,3-4H3,(H,35,39)(H,36,37,38)/t24-,29-/m1/s1. The Morgan fingerprint density at radius 1 is 1.16 bits per heavy atom. The molecule has 2 aliphatic rings. The number of nitrogens with one attached hydrogen (secondary N) is 2. The zero-order chi connectivity index (χ0) is 32.0. The Hall–Kier alpha value is -3.67. The number of hydrogen-bond acceptors (Lipinski definition) is 9. The molecule has 0 unspecified atom stereocenters. The van der Waals surface area contributed by atoms with Gasteiger partial charge in [-0.05, 0) is 67.9 Å². The van der Waals surface area contributed by atoms with Gasteiger partial charge in [0.1, 0.15) is 5.82 Å². The summed E-state index contributed by atoms with van der Waals surface area (Å²) < 4.78 is 31.2. The van der Waals surface area contributed by atoms with Gasteiger partial charge in [0.05, 0.1) is 24.7 Å². The van der Waals surface area contributed by atoms with Gasteiger partial charge in [0.25, 0.3) is 0 Å². The maximum absolute atomic E-state index is 12.9. The van der Waals surface area contributed by atoms with E-state index in [1.807, 2.05) is 18.3 Å². The monoisotopic (exact) mass is 632 g/mol. The van der Waals surface area contributed by atoms with Crippen molar-refractivity contribution >= 4 is 33.3 Å². The van der Waals surface area contributed by atoms with Crippen molar-refractivity contribution in [1.29, 1.82) is 0 Å². The topological polar surface area (TPSA) is 126 Å². The predicted octanol–water partition coefficient (Wildman–Crippen LogP) is 6.40. The number of hydrogen-bond donors (Lipinski definition) is 2.